The van der Waals surface area contributed by atoms with Crippen LogP contribution in [-0.2, 0) is 0 Å². The molecule has 0 radical (unpaired) electrons. The molecule has 0 saturated carbocycles. The molecule has 0 aliphatic carbocycles. The first kappa shape index (κ1) is 15.5. The molecule has 4 heteroatoms. The van der Waals surface area contributed by atoms with Gasteiger partial charge in [-0.15, -0.1) is 11.3 Å². The highest BCUT2D eigenvalue weighted by atomic mass is 35.5. The molecule has 0 aliphatic heterocycles. The van der Waals surface area contributed by atoms with Gasteiger partial charge >= 0.3 is 0 Å². The zero-order chi connectivity index (χ0) is 16.1. The third-order valence-corrected chi connectivity index (χ3v) is 4.26. The van der Waals surface area contributed by atoms with Crippen LogP contribution in [0.15, 0.2) is 72.1 Å². The van der Waals surface area contributed by atoms with Crippen molar-refractivity contribution < 1.29 is 9.53 Å². The second-order valence-electron chi connectivity index (χ2n) is 4.77. The number of benzene rings is 2. The number of para-hydroxylation sites is 1. The third-order valence-electron chi connectivity index (χ3n) is 3.14. The molecule has 0 spiro atoms. The lowest BCUT2D eigenvalue weighted by atomic mass is 10.1. The second kappa shape index (κ2) is 7.27. The summed E-state index contributed by atoms with van der Waals surface area (Å²) in [7, 11) is 0. The number of carbonyl (C=O) groups is 1. The van der Waals surface area contributed by atoms with Gasteiger partial charge in [0.05, 0.1) is 4.88 Å². The molecule has 1 aromatic heterocycles. The summed E-state index contributed by atoms with van der Waals surface area (Å²) in [6.45, 7) is 0. The fourth-order valence-electron chi connectivity index (χ4n) is 1.99. The van der Waals surface area contributed by atoms with E-state index in [1.807, 2.05) is 41.8 Å². The van der Waals surface area contributed by atoms with E-state index in [1.54, 1.807) is 36.4 Å². The highest BCUT2D eigenvalue weighted by Crippen LogP contribution is 2.30. The van der Waals surface area contributed by atoms with Gasteiger partial charge in [0.2, 0.25) is 0 Å². The number of rotatable bonds is 5. The zero-order valence-electron chi connectivity index (χ0n) is 12.1. The van der Waals surface area contributed by atoms with Gasteiger partial charge in [-0.2, -0.15) is 0 Å². The van der Waals surface area contributed by atoms with Gasteiger partial charge in [0.15, 0.2) is 5.78 Å². The van der Waals surface area contributed by atoms with Crippen molar-refractivity contribution in [3.63, 3.8) is 0 Å². The van der Waals surface area contributed by atoms with Gasteiger partial charge in [-0.25, -0.2) is 0 Å². The Morgan fingerprint density at radius 1 is 1.00 bits per heavy atom. The Kier molecular flexibility index (Phi) is 4.91. The summed E-state index contributed by atoms with van der Waals surface area (Å²) < 4.78 is 5.83. The lowest BCUT2D eigenvalue weighted by Crippen LogP contribution is -1.93. The van der Waals surface area contributed by atoms with Gasteiger partial charge < -0.3 is 4.74 Å². The number of hydrogen-bond acceptors (Lipinski definition) is 3. The fourth-order valence-corrected chi connectivity index (χ4v) is 2.83. The maximum Gasteiger partial charge on any atom is 0.185 e. The molecular weight excluding hydrogens is 328 g/mol. The van der Waals surface area contributed by atoms with Crippen molar-refractivity contribution in [2.45, 2.75) is 0 Å². The second-order valence-corrected chi connectivity index (χ2v) is 6.15. The standard InChI is InChI=1S/C19H13ClO2S/c20-15-8-6-14(7-9-15)17(21)10-11-19-18(12-13-23-19)22-16-4-2-1-3-5-16/h1-13H/b11-10-. The monoisotopic (exact) mass is 340 g/mol. The van der Waals surface area contributed by atoms with E-state index in [2.05, 4.69) is 0 Å². The van der Waals surface area contributed by atoms with E-state index in [4.69, 9.17) is 16.3 Å². The van der Waals surface area contributed by atoms with Crippen molar-refractivity contribution in [3.8, 4) is 11.5 Å². The number of thiophene rings is 1. The highest BCUT2D eigenvalue weighted by molar-refractivity contribution is 7.11. The Morgan fingerprint density at radius 2 is 1.74 bits per heavy atom. The lowest BCUT2D eigenvalue weighted by Gasteiger charge is -2.04. The molecule has 1 heterocycles. The minimum absolute atomic E-state index is 0.0688. The first-order chi connectivity index (χ1) is 11.2. The average Bonchev–Trinajstić information content (AvgIpc) is 3.01. The number of hydrogen-bond donors (Lipinski definition) is 0. The van der Waals surface area contributed by atoms with Crippen LogP contribution in [0.2, 0.25) is 5.02 Å². The molecule has 0 unspecified atom stereocenters. The van der Waals surface area contributed by atoms with Crippen LogP contribution in [0.1, 0.15) is 15.2 Å². The summed E-state index contributed by atoms with van der Waals surface area (Å²) in [5.41, 5.74) is 0.604. The first-order valence-corrected chi connectivity index (χ1v) is 8.26. The molecule has 3 aromatic rings. The van der Waals surface area contributed by atoms with Crippen molar-refractivity contribution in [1.82, 2.24) is 0 Å². The van der Waals surface area contributed by atoms with E-state index in [0.29, 0.717) is 10.6 Å². The van der Waals surface area contributed by atoms with E-state index in [-0.39, 0.29) is 5.78 Å². The van der Waals surface area contributed by atoms with Crippen LogP contribution in [0.25, 0.3) is 6.08 Å². The van der Waals surface area contributed by atoms with Crippen molar-refractivity contribution in [2.24, 2.45) is 0 Å². The van der Waals surface area contributed by atoms with E-state index < -0.39 is 0 Å². The molecule has 2 aromatic carbocycles. The molecule has 114 valence electrons. The SMILES string of the molecule is O=C(/C=C\c1sccc1Oc1ccccc1)c1ccc(Cl)cc1. The lowest BCUT2D eigenvalue weighted by molar-refractivity contribution is 0.104. The predicted molar refractivity (Wildman–Crippen MR) is 95.7 cm³/mol. The summed E-state index contributed by atoms with van der Waals surface area (Å²) in [6, 6.07) is 18.3. The molecule has 0 atom stereocenters. The summed E-state index contributed by atoms with van der Waals surface area (Å²) in [4.78, 5) is 13.1. The number of ketones is 1. The first-order valence-electron chi connectivity index (χ1n) is 7.01. The Morgan fingerprint density at radius 3 is 2.48 bits per heavy atom. The van der Waals surface area contributed by atoms with E-state index in [9.17, 15) is 4.79 Å². The van der Waals surface area contributed by atoms with Crippen LogP contribution in [0.3, 0.4) is 0 Å². The zero-order valence-corrected chi connectivity index (χ0v) is 13.7. The van der Waals surface area contributed by atoms with Crippen molar-refractivity contribution >= 4 is 34.8 Å². The molecule has 2 nitrogen and oxygen atoms in total. The van der Waals surface area contributed by atoms with Crippen LogP contribution in [0.5, 0.6) is 11.5 Å². The molecule has 0 bridgehead atoms. The van der Waals surface area contributed by atoms with E-state index >= 15 is 0 Å². The Hall–Kier alpha value is -2.36. The molecule has 0 saturated heterocycles. The molecule has 0 N–H and O–H groups in total. The predicted octanol–water partition coefficient (Wildman–Crippen LogP) is 6.09. The molecule has 0 fully saturated rings. The summed E-state index contributed by atoms with van der Waals surface area (Å²) in [5.74, 6) is 1.44. The van der Waals surface area contributed by atoms with Crippen LogP contribution >= 0.6 is 22.9 Å². The number of halogens is 1. The van der Waals surface area contributed by atoms with Gasteiger partial charge in [0.25, 0.3) is 0 Å². The van der Waals surface area contributed by atoms with Crippen LogP contribution < -0.4 is 4.74 Å². The third kappa shape index (κ3) is 4.09. The fraction of sp³-hybridized carbons (Fsp3) is 0. The minimum Gasteiger partial charge on any atom is -0.456 e. The molecule has 0 aliphatic rings. The molecule has 23 heavy (non-hydrogen) atoms. The quantitative estimate of drug-likeness (QED) is 0.415. The van der Waals surface area contributed by atoms with Crippen molar-refractivity contribution in [2.75, 3.05) is 0 Å². The van der Waals surface area contributed by atoms with Gasteiger partial charge in [0, 0.05) is 10.6 Å². The van der Waals surface area contributed by atoms with Gasteiger partial charge in [-0.3, -0.25) is 4.79 Å². The Bertz CT molecular complexity index is 820. The largest absolute Gasteiger partial charge is 0.456 e. The summed E-state index contributed by atoms with van der Waals surface area (Å²) in [5, 5.41) is 2.55. The number of carbonyl (C=O) groups excluding carboxylic acids is 1. The van der Waals surface area contributed by atoms with Gasteiger partial charge in [-0.1, -0.05) is 29.8 Å². The number of ether oxygens (including phenoxy) is 1. The number of allylic oxidation sites excluding steroid dienone is 1. The van der Waals surface area contributed by atoms with Crippen molar-refractivity contribution in [1.29, 1.82) is 0 Å². The smallest absolute Gasteiger partial charge is 0.185 e. The van der Waals surface area contributed by atoms with Crippen LogP contribution in [-0.4, -0.2) is 5.78 Å². The van der Waals surface area contributed by atoms with Crippen molar-refractivity contribution in [3.05, 3.63) is 87.6 Å². The van der Waals surface area contributed by atoms with Crippen LogP contribution in [0.4, 0.5) is 0 Å². The topological polar surface area (TPSA) is 26.3 Å². The Balaban J connectivity index is 1.74. The normalized spacial score (nSPS) is 10.8. The van der Waals surface area contributed by atoms with Gasteiger partial charge in [0.1, 0.15) is 11.5 Å². The highest BCUT2D eigenvalue weighted by Gasteiger charge is 2.06. The Labute approximate surface area is 143 Å². The molecule has 3 rings (SSSR count). The van der Waals surface area contributed by atoms with Gasteiger partial charge in [-0.05, 0) is 60.0 Å². The van der Waals surface area contributed by atoms with Crippen LogP contribution in [0, 0.1) is 0 Å². The summed E-state index contributed by atoms with van der Waals surface area (Å²) >= 11 is 7.35. The molecular formula is C19H13ClO2S. The van der Waals surface area contributed by atoms with E-state index in [0.717, 1.165) is 16.4 Å². The maximum absolute atomic E-state index is 12.2. The molecule has 0 amide bonds. The minimum atomic E-state index is -0.0688. The maximum atomic E-state index is 12.2. The van der Waals surface area contributed by atoms with E-state index in [1.165, 1.54) is 11.3 Å². The average molecular weight is 341 g/mol. The summed E-state index contributed by atoms with van der Waals surface area (Å²) in [6.07, 6.45) is 3.33.